The first-order valence-corrected chi connectivity index (χ1v) is 7.78. The Morgan fingerprint density at radius 1 is 1.17 bits per heavy atom. The fourth-order valence-electron chi connectivity index (χ4n) is 2.50. The predicted molar refractivity (Wildman–Crippen MR) is 88.9 cm³/mol. The van der Waals surface area contributed by atoms with Crippen LogP contribution in [-0.4, -0.2) is 11.9 Å². The number of hydrogen-bond donors (Lipinski definition) is 1. The summed E-state index contributed by atoms with van der Waals surface area (Å²) < 4.78 is 38.0. The summed E-state index contributed by atoms with van der Waals surface area (Å²) in [5.74, 6) is -0.0874. The molecule has 0 radical (unpaired) electrons. The standard InChI is InChI=1S/C18H17ClF3NO/c1-11(23-12(2)24)9-13-3-5-14(6-4-13)16-8-7-15(10-17(16)19)18(20,21)22/h3-8,10-11H,9H2,1-2H3,(H,23,24). The van der Waals surface area contributed by atoms with Crippen molar-refractivity contribution < 1.29 is 18.0 Å². The molecule has 0 saturated carbocycles. The van der Waals surface area contributed by atoms with Gasteiger partial charge in [-0.3, -0.25) is 4.79 Å². The largest absolute Gasteiger partial charge is 0.416 e. The number of carbonyl (C=O) groups is 1. The Balaban J connectivity index is 2.18. The Bertz CT molecular complexity index is 726. The highest BCUT2D eigenvalue weighted by Crippen LogP contribution is 2.35. The van der Waals surface area contributed by atoms with Gasteiger partial charge >= 0.3 is 6.18 Å². The van der Waals surface area contributed by atoms with Gasteiger partial charge in [0.15, 0.2) is 0 Å². The summed E-state index contributed by atoms with van der Waals surface area (Å²) in [7, 11) is 0. The molecule has 1 atom stereocenters. The van der Waals surface area contributed by atoms with Gasteiger partial charge in [-0.15, -0.1) is 0 Å². The maximum absolute atomic E-state index is 12.7. The fourth-order valence-corrected chi connectivity index (χ4v) is 2.79. The van der Waals surface area contributed by atoms with E-state index >= 15 is 0 Å². The Kier molecular flexibility index (Phi) is 5.54. The van der Waals surface area contributed by atoms with Crippen molar-refractivity contribution in [2.45, 2.75) is 32.5 Å². The second-order valence-corrected chi connectivity index (χ2v) is 6.10. The van der Waals surface area contributed by atoms with Crippen LogP contribution in [0, 0.1) is 0 Å². The molecule has 0 bridgehead atoms. The fraction of sp³-hybridized carbons (Fsp3) is 0.278. The number of rotatable bonds is 4. The smallest absolute Gasteiger partial charge is 0.354 e. The molecule has 0 aliphatic heterocycles. The Hall–Kier alpha value is -2.01. The molecule has 2 aromatic rings. The zero-order chi connectivity index (χ0) is 17.9. The van der Waals surface area contributed by atoms with Gasteiger partial charge in [-0.25, -0.2) is 0 Å². The van der Waals surface area contributed by atoms with E-state index in [2.05, 4.69) is 5.32 Å². The lowest BCUT2D eigenvalue weighted by atomic mass is 10.00. The lowest BCUT2D eigenvalue weighted by molar-refractivity contribution is -0.137. The first-order chi connectivity index (χ1) is 11.2. The number of benzene rings is 2. The van der Waals surface area contributed by atoms with Gasteiger partial charge in [0, 0.05) is 23.6 Å². The topological polar surface area (TPSA) is 29.1 Å². The number of amides is 1. The Morgan fingerprint density at radius 3 is 2.29 bits per heavy atom. The molecule has 128 valence electrons. The highest BCUT2D eigenvalue weighted by atomic mass is 35.5. The molecule has 2 aromatic carbocycles. The molecule has 0 saturated heterocycles. The number of nitrogens with one attached hydrogen (secondary N) is 1. The normalized spacial score (nSPS) is 12.8. The van der Waals surface area contributed by atoms with Crippen LogP contribution in [0.4, 0.5) is 13.2 Å². The molecule has 24 heavy (non-hydrogen) atoms. The van der Waals surface area contributed by atoms with Crippen LogP contribution in [0.25, 0.3) is 11.1 Å². The first-order valence-electron chi connectivity index (χ1n) is 7.40. The minimum atomic E-state index is -4.41. The van der Waals surface area contributed by atoms with E-state index in [-0.39, 0.29) is 17.0 Å². The molecule has 0 spiro atoms. The van der Waals surface area contributed by atoms with E-state index in [1.165, 1.54) is 13.0 Å². The van der Waals surface area contributed by atoms with E-state index in [0.29, 0.717) is 12.0 Å². The average molecular weight is 356 g/mol. The molecule has 2 nitrogen and oxygen atoms in total. The van der Waals surface area contributed by atoms with Crippen LogP contribution >= 0.6 is 11.6 Å². The summed E-state index contributed by atoms with van der Waals surface area (Å²) in [6, 6.07) is 10.7. The highest BCUT2D eigenvalue weighted by Gasteiger charge is 2.30. The second kappa shape index (κ2) is 7.26. The predicted octanol–water partition coefficient (Wildman–Crippen LogP) is 5.09. The van der Waals surface area contributed by atoms with E-state index in [1.807, 2.05) is 31.2 Å². The number of halogens is 4. The minimum Gasteiger partial charge on any atom is -0.354 e. The lowest BCUT2D eigenvalue weighted by Gasteiger charge is -2.13. The third-order valence-electron chi connectivity index (χ3n) is 3.55. The average Bonchev–Trinajstić information content (AvgIpc) is 2.46. The summed E-state index contributed by atoms with van der Waals surface area (Å²) in [4.78, 5) is 11.0. The Morgan fingerprint density at radius 2 is 1.79 bits per heavy atom. The molecule has 2 rings (SSSR count). The first kappa shape index (κ1) is 18.3. The second-order valence-electron chi connectivity index (χ2n) is 5.70. The summed E-state index contributed by atoms with van der Waals surface area (Å²) in [6.45, 7) is 3.37. The van der Waals surface area contributed by atoms with Crippen molar-refractivity contribution in [3.05, 3.63) is 58.6 Å². The molecule has 0 fully saturated rings. The van der Waals surface area contributed by atoms with Gasteiger partial charge in [-0.2, -0.15) is 13.2 Å². The number of hydrogen-bond acceptors (Lipinski definition) is 1. The van der Waals surface area contributed by atoms with Crippen LogP contribution in [0.2, 0.25) is 5.02 Å². The summed E-state index contributed by atoms with van der Waals surface area (Å²) >= 11 is 6.00. The van der Waals surface area contributed by atoms with E-state index < -0.39 is 11.7 Å². The lowest BCUT2D eigenvalue weighted by Crippen LogP contribution is -2.31. The summed E-state index contributed by atoms with van der Waals surface area (Å²) in [5, 5.41) is 2.86. The van der Waals surface area contributed by atoms with Gasteiger partial charge in [-0.05, 0) is 36.6 Å². The quantitative estimate of drug-likeness (QED) is 0.813. The number of carbonyl (C=O) groups excluding carboxylic acids is 1. The summed E-state index contributed by atoms with van der Waals surface area (Å²) in [5.41, 5.74) is 1.54. The van der Waals surface area contributed by atoms with Crippen molar-refractivity contribution in [2.24, 2.45) is 0 Å². The zero-order valence-corrected chi connectivity index (χ0v) is 14.0. The zero-order valence-electron chi connectivity index (χ0n) is 13.2. The van der Waals surface area contributed by atoms with Crippen molar-refractivity contribution in [3.8, 4) is 11.1 Å². The Labute approximate surface area is 143 Å². The van der Waals surface area contributed by atoms with Crippen LogP contribution in [0.15, 0.2) is 42.5 Å². The van der Waals surface area contributed by atoms with Gasteiger partial charge in [0.25, 0.3) is 0 Å². The molecule has 0 heterocycles. The molecule has 0 aromatic heterocycles. The van der Waals surface area contributed by atoms with E-state index in [1.54, 1.807) is 0 Å². The minimum absolute atomic E-state index is 0.00278. The van der Waals surface area contributed by atoms with Crippen molar-refractivity contribution >= 4 is 17.5 Å². The van der Waals surface area contributed by atoms with Crippen molar-refractivity contribution in [1.29, 1.82) is 0 Å². The van der Waals surface area contributed by atoms with Crippen molar-refractivity contribution in [1.82, 2.24) is 5.32 Å². The van der Waals surface area contributed by atoms with Gasteiger partial charge in [-0.1, -0.05) is 41.9 Å². The monoisotopic (exact) mass is 355 g/mol. The third-order valence-corrected chi connectivity index (χ3v) is 3.87. The molecular formula is C18H17ClF3NO. The van der Waals surface area contributed by atoms with E-state index in [4.69, 9.17) is 11.6 Å². The van der Waals surface area contributed by atoms with Crippen molar-refractivity contribution in [3.63, 3.8) is 0 Å². The molecule has 1 unspecified atom stereocenters. The highest BCUT2D eigenvalue weighted by molar-refractivity contribution is 6.33. The van der Waals surface area contributed by atoms with Gasteiger partial charge < -0.3 is 5.32 Å². The molecule has 6 heteroatoms. The van der Waals surface area contributed by atoms with Crippen LogP contribution in [0.5, 0.6) is 0 Å². The maximum atomic E-state index is 12.7. The van der Waals surface area contributed by atoms with E-state index in [9.17, 15) is 18.0 Å². The van der Waals surface area contributed by atoms with Crippen LogP contribution in [-0.2, 0) is 17.4 Å². The summed E-state index contributed by atoms with van der Waals surface area (Å²) in [6.07, 6.45) is -3.74. The molecule has 1 N–H and O–H groups in total. The van der Waals surface area contributed by atoms with Crippen LogP contribution < -0.4 is 5.32 Å². The maximum Gasteiger partial charge on any atom is 0.416 e. The van der Waals surface area contributed by atoms with Crippen molar-refractivity contribution in [2.75, 3.05) is 0 Å². The van der Waals surface area contributed by atoms with E-state index in [0.717, 1.165) is 23.3 Å². The molecule has 1 amide bonds. The van der Waals surface area contributed by atoms with Gasteiger partial charge in [0.2, 0.25) is 5.91 Å². The number of alkyl halides is 3. The van der Waals surface area contributed by atoms with Crippen LogP contribution in [0.3, 0.4) is 0 Å². The molecule has 0 aliphatic carbocycles. The van der Waals surface area contributed by atoms with Gasteiger partial charge in [0.1, 0.15) is 0 Å². The third kappa shape index (κ3) is 4.74. The van der Waals surface area contributed by atoms with Gasteiger partial charge in [0.05, 0.1) is 5.56 Å². The molecular weight excluding hydrogens is 339 g/mol. The van der Waals surface area contributed by atoms with Crippen LogP contribution in [0.1, 0.15) is 25.0 Å². The SMILES string of the molecule is CC(=O)NC(C)Cc1ccc(-c2ccc(C(F)(F)F)cc2Cl)cc1. The molecule has 0 aliphatic rings.